The van der Waals surface area contributed by atoms with E-state index in [1.165, 1.54) is 11.1 Å². The van der Waals surface area contributed by atoms with Crippen LogP contribution in [0.3, 0.4) is 0 Å². The van der Waals surface area contributed by atoms with Gasteiger partial charge in [0.2, 0.25) is 0 Å². The predicted molar refractivity (Wildman–Crippen MR) is 77.6 cm³/mol. The molecular formula is C16H25NO. The van der Waals surface area contributed by atoms with Crippen molar-refractivity contribution in [1.82, 2.24) is 4.90 Å². The van der Waals surface area contributed by atoms with Gasteiger partial charge in [0.1, 0.15) is 0 Å². The Morgan fingerprint density at radius 2 is 1.83 bits per heavy atom. The van der Waals surface area contributed by atoms with Gasteiger partial charge in [0.25, 0.3) is 0 Å². The molecule has 0 N–H and O–H groups in total. The highest BCUT2D eigenvalue weighted by Gasteiger charge is 1.97. The number of hydrogen-bond acceptors (Lipinski definition) is 2. The van der Waals surface area contributed by atoms with Gasteiger partial charge in [-0.25, -0.2) is 0 Å². The van der Waals surface area contributed by atoms with Crippen LogP contribution in [0.2, 0.25) is 0 Å². The van der Waals surface area contributed by atoms with Gasteiger partial charge < -0.3 is 9.64 Å². The molecule has 18 heavy (non-hydrogen) atoms. The van der Waals surface area contributed by atoms with Crippen molar-refractivity contribution in [2.75, 3.05) is 26.2 Å². The molecule has 0 fully saturated rings. The molecule has 0 bridgehead atoms. The third-order valence-corrected chi connectivity index (χ3v) is 3.03. The van der Waals surface area contributed by atoms with Crippen LogP contribution in [0.25, 0.3) is 0 Å². The van der Waals surface area contributed by atoms with E-state index >= 15 is 0 Å². The minimum atomic E-state index is 0.692. The van der Waals surface area contributed by atoms with E-state index in [9.17, 15) is 0 Å². The second kappa shape index (κ2) is 8.90. The average Bonchev–Trinajstić information content (AvgIpc) is 2.41. The van der Waals surface area contributed by atoms with E-state index in [0.717, 1.165) is 26.2 Å². The van der Waals surface area contributed by atoms with E-state index in [4.69, 9.17) is 4.74 Å². The molecule has 0 saturated carbocycles. The van der Waals surface area contributed by atoms with Crippen molar-refractivity contribution in [3.63, 3.8) is 0 Å². The van der Waals surface area contributed by atoms with Crippen LogP contribution < -0.4 is 0 Å². The van der Waals surface area contributed by atoms with E-state index in [0.29, 0.717) is 6.61 Å². The first kappa shape index (κ1) is 14.9. The molecule has 0 spiro atoms. The maximum atomic E-state index is 5.69. The molecular weight excluding hydrogens is 222 g/mol. The minimum Gasteiger partial charge on any atom is -0.372 e. The zero-order valence-corrected chi connectivity index (χ0v) is 11.9. The van der Waals surface area contributed by atoms with Gasteiger partial charge in [0, 0.05) is 6.54 Å². The highest BCUT2D eigenvalue weighted by molar-refractivity contribution is 5.13. The Kier molecular flexibility index (Phi) is 7.38. The van der Waals surface area contributed by atoms with Crippen molar-refractivity contribution < 1.29 is 4.74 Å². The standard InChI is InChI=1S/C16H25NO/c1-4-17(5-2)12-11-15(3)13-18-14-16-9-7-6-8-10-16/h6-11H,4-5,12-14H2,1-3H3. The summed E-state index contributed by atoms with van der Waals surface area (Å²) in [6, 6.07) is 10.3. The molecule has 100 valence electrons. The number of benzene rings is 1. The van der Waals surface area contributed by atoms with E-state index in [1.807, 2.05) is 18.2 Å². The maximum Gasteiger partial charge on any atom is 0.0721 e. The molecule has 0 unspecified atom stereocenters. The van der Waals surface area contributed by atoms with Crippen LogP contribution >= 0.6 is 0 Å². The van der Waals surface area contributed by atoms with Gasteiger partial charge >= 0.3 is 0 Å². The van der Waals surface area contributed by atoms with Gasteiger partial charge in [-0.15, -0.1) is 0 Å². The fourth-order valence-electron chi connectivity index (χ4n) is 1.73. The van der Waals surface area contributed by atoms with Crippen molar-refractivity contribution in [1.29, 1.82) is 0 Å². The molecule has 0 saturated heterocycles. The molecule has 1 rings (SSSR count). The Morgan fingerprint density at radius 1 is 1.17 bits per heavy atom. The van der Waals surface area contributed by atoms with Crippen LogP contribution in [0.1, 0.15) is 26.3 Å². The van der Waals surface area contributed by atoms with E-state index in [2.05, 4.69) is 43.9 Å². The van der Waals surface area contributed by atoms with Crippen LogP contribution in [-0.4, -0.2) is 31.1 Å². The average molecular weight is 247 g/mol. The van der Waals surface area contributed by atoms with Gasteiger partial charge in [0.15, 0.2) is 0 Å². The Morgan fingerprint density at radius 3 is 2.44 bits per heavy atom. The highest BCUT2D eigenvalue weighted by Crippen LogP contribution is 2.03. The predicted octanol–water partition coefficient (Wildman–Crippen LogP) is 3.49. The summed E-state index contributed by atoms with van der Waals surface area (Å²) < 4.78 is 5.69. The summed E-state index contributed by atoms with van der Waals surface area (Å²) in [6.07, 6.45) is 2.26. The second-order valence-electron chi connectivity index (χ2n) is 4.51. The fourth-order valence-corrected chi connectivity index (χ4v) is 1.73. The lowest BCUT2D eigenvalue weighted by atomic mass is 10.2. The first-order chi connectivity index (χ1) is 8.76. The summed E-state index contributed by atoms with van der Waals surface area (Å²) in [6.45, 7) is 11.2. The van der Waals surface area contributed by atoms with Gasteiger partial charge in [0.05, 0.1) is 13.2 Å². The maximum absolute atomic E-state index is 5.69. The Hall–Kier alpha value is -1.12. The fraction of sp³-hybridized carbons (Fsp3) is 0.500. The third-order valence-electron chi connectivity index (χ3n) is 3.03. The van der Waals surface area contributed by atoms with Crippen LogP contribution in [0.4, 0.5) is 0 Å². The summed E-state index contributed by atoms with van der Waals surface area (Å²) >= 11 is 0. The number of hydrogen-bond donors (Lipinski definition) is 0. The Bertz CT molecular complexity index is 341. The summed E-state index contributed by atoms with van der Waals surface area (Å²) in [5, 5.41) is 0. The second-order valence-corrected chi connectivity index (χ2v) is 4.51. The third kappa shape index (κ3) is 5.99. The molecule has 0 heterocycles. The van der Waals surface area contributed by atoms with Crippen molar-refractivity contribution in [2.24, 2.45) is 0 Å². The summed E-state index contributed by atoms with van der Waals surface area (Å²) in [4.78, 5) is 2.39. The zero-order valence-electron chi connectivity index (χ0n) is 11.9. The van der Waals surface area contributed by atoms with E-state index in [-0.39, 0.29) is 0 Å². The Balaban J connectivity index is 2.24. The lowest BCUT2D eigenvalue weighted by Crippen LogP contribution is -2.23. The molecule has 0 atom stereocenters. The van der Waals surface area contributed by atoms with Crippen LogP contribution in [-0.2, 0) is 11.3 Å². The van der Waals surface area contributed by atoms with E-state index in [1.54, 1.807) is 0 Å². The monoisotopic (exact) mass is 247 g/mol. The quantitative estimate of drug-likeness (QED) is 0.652. The molecule has 0 aliphatic carbocycles. The highest BCUT2D eigenvalue weighted by atomic mass is 16.5. The summed E-state index contributed by atoms with van der Waals surface area (Å²) in [5.74, 6) is 0. The van der Waals surface area contributed by atoms with E-state index < -0.39 is 0 Å². The SMILES string of the molecule is CCN(CC)CC=C(C)COCc1ccccc1. The molecule has 1 aromatic carbocycles. The molecule has 2 nitrogen and oxygen atoms in total. The number of rotatable bonds is 8. The molecule has 1 aromatic rings. The number of likely N-dealkylation sites (N-methyl/N-ethyl adjacent to an activating group) is 1. The zero-order chi connectivity index (χ0) is 13.2. The molecule has 0 aliphatic rings. The lowest BCUT2D eigenvalue weighted by Gasteiger charge is -2.15. The van der Waals surface area contributed by atoms with Gasteiger partial charge in [-0.05, 0) is 25.6 Å². The molecule has 0 aromatic heterocycles. The van der Waals surface area contributed by atoms with Crippen molar-refractivity contribution in [2.45, 2.75) is 27.4 Å². The number of ether oxygens (including phenoxy) is 1. The molecule has 0 aliphatic heterocycles. The lowest BCUT2D eigenvalue weighted by molar-refractivity contribution is 0.142. The summed E-state index contributed by atoms with van der Waals surface area (Å²) in [7, 11) is 0. The summed E-state index contributed by atoms with van der Waals surface area (Å²) in [5.41, 5.74) is 2.53. The largest absolute Gasteiger partial charge is 0.372 e. The smallest absolute Gasteiger partial charge is 0.0721 e. The van der Waals surface area contributed by atoms with Gasteiger partial charge in [-0.1, -0.05) is 55.8 Å². The molecule has 0 radical (unpaired) electrons. The van der Waals surface area contributed by atoms with Crippen molar-refractivity contribution in [3.8, 4) is 0 Å². The van der Waals surface area contributed by atoms with Gasteiger partial charge in [-0.3, -0.25) is 0 Å². The van der Waals surface area contributed by atoms with Crippen molar-refractivity contribution >= 4 is 0 Å². The normalized spacial score (nSPS) is 12.1. The number of nitrogens with zero attached hydrogens (tertiary/aromatic N) is 1. The minimum absolute atomic E-state index is 0.692. The van der Waals surface area contributed by atoms with Crippen LogP contribution in [0.15, 0.2) is 42.0 Å². The van der Waals surface area contributed by atoms with Crippen molar-refractivity contribution in [3.05, 3.63) is 47.5 Å². The Labute approximate surface area is 111 Å². The first-order valence-electron chi connectivity index (χ1n) is 6.75. The molecule has 2 heteroatoms. The topological polar surface area (TPSA) is 12.5 Å². The first-order valence-corrected chi connectivity index (χ1v) is 6.75. The molecule has 0 amide bonds. The van der Waals surface area contributed by atoms with Crippen LogP contribution in [0, 0.1) is 0 Å². The van der Waals surface area contributed by atoms with Crippen LogP contribution in [0.5, 0.6) is 0 Å². The van der Waals surface area contributed by atoms with Gasteiger partial charge in [-0.2, -0.15) is 0 Å².